The molecule has 0 nitrogen and oxygen atoms in total. The van der Waals surface area contributed by atoms with Gasteiger partial charge in [0.25, 0.3) is 0 Å². The van der Waals surface area contributed by atoms with Gasteiger partial charge in [-0.05, 0) is 0 Å². The zero-order chi connectivity index (χ0) is 8.10. The van der Waals surface area contributed by atoms with Crippen LogP contribution in [0.4, 0.5) is 0 Å². The minimum atomic E-state index is 0. The van der Waals surface area contributed by atoms with E-state index in [1.54, 1.807) is 0 Å². The first-order chi connectivity index (χ1) is 5.36. The van der Waals surface area contributed by atoms with Gasteiger partial charge in [0, 0.05) is 0 Å². The molecule has 0 saturated heterocycles. The van der Waals surface area contributed by atoms with Crippen LogP contribution < -0.4 is 24.8 Å². The van der Waals surface area contributed by atoms with Gasteiger partial charge in [-0.1, -0.05) is 46.0 Å². The average molecular weight is 311 g/mol. The van der Waals surface area contributed by atoms with E-state index in [-0.39, 0.29) is 51.0 Å². The number of hydrogen-bond acceptors (Lipinski definition) is 0. The van der Waals surface area contributed by atoms with Crippen molar-refractivity contribution in [2.45, 2.75) is 46.0 Å². The van der Waals surface area contributed by atoms with Crippen LogP contribution in [0.15, 0.2) is 17.2 Å². The molecule has 0 saturated carbocycles. The second kappa shape index (κ2) is 12.0. The summed E-state index contributed by atoms with van der Waals surface area (Å²) in [6, 6.07) is 0. The van der Waals surface area contributed by atoms with Crippen molar-refractivity contribution in [3.05, 3.63) is 23.3 Å². The predicted molar refractivity (Wildman–Crippen MR) is 49.3 cm³/mol. The van der Waals surface area contributed by atoms with Crippen LogP contribution in [-0.4, -0.2) is 0 Å². The maximum absolute atomic E-state index is 3.45. The quantitative estimate of drug-likeness (QED) is 0.510. The van der Waals surface area contributed by atoms with Gasteiger partial charge in [0.1, 0.15) is 0 Å². The van der Waals surface area contributed by atoms with Crippen LogP contribution >= 0.6 is 0 Å². The zero-order valence-electron chi connectivity index (χ0n) is 8.87. The predicted octanol–water partition coefficient (Wildman–Crippen LogP) is -2.35. The monoisotopic (exact) mass is 309 g/mol. The summed E-state index contributed by atoms with van der Waals surface area (Å²) in [4.78, 5) is 0. The van der Waals surface area contributed by atoms with Crippen molar-refractivity contribution in [2.75, 3.05) is 0 Å². The third-order valence-electron chi connectivity index (χ3n) is 2.16. The van der Waals surface area contributed by atoms with Crippen molar-refractivity contribution >= 4 is 0 Å². The number of unbranched alkanes of at least 4 members (excludes halogenated alkanes) is 1. The molecule has 0 aromatic heterocycles. The number of rotatable bonds is 4. The van der Waals surface area contributed by atoms with Gasteiger partial charge in [-0.2, -0.15) is 5.57 Å². The van der Waals surface area contributed by atoms with Crippen LogP contribution in [0.5, 0.6) is 0 Å². The molecular weight excluding hydrogens is 294 g/mol. The van der Waals surface area contributed by atoms with E-state index in [2.05, 4.69) is 26.0 Å². The minimum Gasteiger partial charge on any atom is -1.00 e. The molecule has 0 aromatic carbocycles. The Bertz CT molecular complexity index is 186. The fourth-order valence-electron chi connectivity index (χ4n) is 1.34. The Balaban J connectivity index is -0.000000403. The molecule has 0 unspecified atom stereocenters. The summed E-state index contributed by atoms with van der Waals surface area (Å²) >= 11 is 0. The van der Waals surface area contributed by atoms with Gasteiger partial charge in [0.15, 0.2) is 0 Å². The molecule has 1 rings (SSSR count). The fraction of sp³-hybridized carbons (Fsp3) is 0.636. The molecule has 0 N–H and O–H groups in total. The van der Waals surface area contributed by atoms with Crippen LogP contribution in [0.1, 0.15) is 46.0 Å². The molecule has 14 heavy (non-hydrogen) atoms. The van der Waals surface area contributed by atoms with E-state index in [1.807, 2.05) is 0 Å². The van der Waals surface area contributed by atoms with Gasteiger partial charge in [0.05, 0.1) is 0 Å². The minimum absolute atomic E-state index is 0. The first-order valence-electron chi connectivity index (χ1n) is 4.67. The molecule has 1 radical (unpaired) electrons. The van der Waals surface area contributed by atoms with E-state index < -0.39 is 0 Å². The molecule has 1 aliphatic carbocycles. The Kier molecular flexibility index (Phi) is 17.5. The number of halogens is 2. The molecule has 0 fully saturated rings. The largest absolute Gasteiger partial charge is 3.00 e. The molecule has 0 heterocycles. The van der Waals surface area contributed by atoms with Gasteiger partial charge in [-0.25, -0.2) is 17.7 Å². The van der Waals surface area contributed by atoms with Gasteiger partial charge < -0.3 is 24.8 Å². The van der Waals surface area contributed by atoms with Crippen LogP contribution in [-0.2, 0) is 26.2 Å². The van der Waals surface area contributed by atoms with E-state index in [0.717, 1.165) is 6.42 Å². The van der Waals surface area contributed by atoms with E-state index in [9.17, 15) is 0 Å². The SMILES string of the molecule is CCCCC1=CCC(CC)=[C-]1.[Cl-].[Cl-].[Zr+3]. The smallest absolute Gasteiger partial charge is 1.00 e. The molecule has 0 amide bonds. The Morgan fingerprint density at radius 1 is 1.29 bits per heavy atom. The molecule has 0 aliphatic heterocycles. The molecule has 3 heteroatoms. The van der Waals surface area contributed by atoms with E-state index in [1.165, 1.54) is 36.8 Å². The van der Waals surface area contributed by atoms with E-state index in [4.69, 9.17) is 0 Å². The standard InChI is InChI=1S/C11H17.2ClH.Zr/c1-3-5-6-11-8-7-10(4-2)9-11;;;/h8H,3-7H2,1-2H3;2*1H;/q-1;;;+3/p-2. The zero-order valence-corrected chi connectivity index (χ0v) is 12.8. The third-order valence-corrected chi connectivity index (χ3v) is 2.16. The molecule has 0 atom stereocenters. The van der Waals surface area contributed by atoms with Gasteiger partial charge in [0.2, 0.25) is 0 Å². The normalized spacial score (nSPS) is 13.0. The molecular formula is C11H17Cl2Zr. The second-order valence-corrected chi connectivity index (χ2v) is 3.12. The Morgan fingerprint density at radius 2 is 1.93 bits per heavy atom. The summed E-state index contributed by atoms with van der Waals surface area (Å²) in [6.07, 6.45) is 12.0. The summed E-state index contributed by atoms with van der Waals surface area (Å²) in [5, 5.41) is 0. The molecule has 0 bridgehead atoms. The van der Waals surface area contributed by atoms with Crippen LogP contribution in [0.25, 0.3) is 0 Å². The summed E-state index contributed by atoms with van der Waals surface area (Å²) in [7, 11) is 0. The summed E-state index contributed by atoms with van der Waals surface area (Å²) in [5.41, 5.74) is 2.93. The Hall–Kier alpha value is 0.943. The van der Waals surface area contributed by atoms with Crippen molar-refractivity contribution in [2.24, 2.45) is 0 Å². The molecule has 1 aliphatic rings. The maximum atomic E-state index is 3.45. The summed E-state index contributed by atoms with van der Waals surface area (Å²) in [5.74, 6) is 0. The van der Waals surface area contributed by atoms with Crippen molar-refractivity contribution in [1.29, 1.82) is 0 Å². The van der Waals surface area contributed by atoms with Crippen LogP contribution in [0.3, 0.4) is 0 Å². The summed E-state index contributed by atoms with van der Waals surface area (Å²) < 4.78 is 0. The van der Waals surface area contributed by atoms with Crippen molar-refractivity contribution in [3.63, 3.8) is 0 Å². The van der Waals surface area contributed by atoms with E-state index in [0.29, 0.717) is 0 Å². The molecule has 0 spiro atoms. The fourth-order valence-corrected chi connectivity index (χ4v) is 1.34. The van der Waals surface area contributed by atoms with Gasteiger partial charge in [-0.3, -0.25) is 0 Å². The molecule has 0 aromatic rings. The number of hydrogen-bond donors (Lipinski definition) is 0. The number of allylic oxidation sites excluding steroid dienone is 4. The van der Waals surface area contributed by atoms with Crippen LogP contribution in [0.2, 0.25) is 0 Å². The van der Waals surface area contributed by atoms with Gasteiger partial charge >= 0.3 is 26.2 Å². The first kappa shape index (κ1) is 20.4. The Labute approximate surface area is 120 Å². The third kappa shape index (κ3) is 7.26. The molecule has 79 valence electrons. The van der Waals surface area contributed by atoms with E-state index >= 15 is 0 Å². The van der Waals surface area contributed by atoms with Crippen LogP contribution in [0, 0.1) is 6.08 Å². The second-order valence-electron chi connectivity index (χ2n) is 3.12. The summed E-state index contributed by atoms with van der Waals surface area (Å²) in [6.45, 7) is 4.44. The van der Waals surface area contributed by atoms with Crippen molar-refractivity contribution in [3.8, 4) is 0 Å². The average Bonchev–Trinajstić information content (AvgIpc) is 2.48. The van der Waals surface area contributed by atoms with Gasteiger partial charge in [-0.15, -0.1) is 0 Å². The van der Waals surface area contributed by atoms with Crippen molar-refractivity contribution in [1.82, 2.24) is 0 Å². The topological polar surface area (TPSA) is 0 Å². The first-order valence-corrected chi connectivity index (χ1v) is 4.67. The maximum Gasteiger partial charge on any atom is 3.00 e. The van der Waals surface area contributed by atoms with Crippen molar-refractivity contribution < 1.29 is 51.0 Å². The Morgan fingerprint density at radius 3 is 2.36 bits per heavy atom.